The molecule has 1 saturated heterocycles. The summed E-state index contributed by atoms with van der Waals surface area (Å²) >= 11 is 0. The molecule has 1 fully saturated rings. The van der Waals surface area contributed by atoms with E-state index in [1.54, 1.807) is 12.1 Å². The van der Waals surface area contributed by atoms with Gasteiger partial charge in [-0.1, -0.05) is 42.5 Å². The minimum Gasteiger partial charge on any atom is -0.341 e. The van der Waals surface area contributed by atoms with E-state index < -0.39 is 0 Å². The maximum atomic E-state index is 13.0. The number of hydrogen-bond donors (Lipinski definition) is 1. The molecule has 2 aromatic carbocycles. The highest BCUT2D eigenvalue weighted by Gasteiger charge is 2.27. The van der Waals surface area contributed by atoms with Crippen LogP contribution in [0.25, 0.3) is 0 Å². The van der Waals surface area contributed by atoms with E-state index in [-0.39, 0.29) is 17.8 Å². The molecular weight excluding hydrogens is 291 g/mol. The van der Waals surface area contributed by atoms with Crippen LogP contribution in [0.15, 0.2) is 54.6 Å². The molecule has 4 heteroatoms. The van der Waals surface area contributed by atoms with Crippen LogP contribution in [0, 0.1) is 5.82 Å². The van der Waals surface area contributed by atoms with E-state index in [2.05, 4.69) is 5.32 Å². The van der Waals surface area contributed by atoms with Crippen molar-refractivity contribution in [3.8, 4) is 0 Å². The summed E-state index contributed by atoms with van der Waals surface area (Å²) in [4.78, 5) is 14.8. The number of rotatable bonds is 5. The molecule has 120 valence electrons. The topological polar surface area (TPSA) is 32.3 Å². The van der Waals surface area contributed by atoms with Crippen LogP contribution < -0.4 is 5.32 Å². The smallest absolute Gasteiger partial charge is 0.244 e. The van der Waals surface area contributed by atoms with Crippen molar-refractivity contribution in [1.29, 1.82) is 0 Å². The Morgan fingerprint density at radius 1 is 1.04 bits per heavy atom. The largest absolute Gasteiger partial charge is 0.341 e. The summed E-state index contributed by atoms with van der Waals surface area (Å²) in [6, 6.07) is 15.8. The van der Waals surface area contributed by atoms with Crippen LogP contribution in [0.1, 0.15) is 30.0 Å². The van der Waals surface area contributed by atoms with Gasteiger partial charge in [0.25, 0.3) is 0 Å². The molecule has 1 heterocycles. The van der Waals surface area contributed by atoms with E-state index in [1.165, 1.54) is 12.1 Å². The number of likely N-dealkylation sites (tertiary alicyclic amines) is 1. The summed E-state index contributed by atoms with van der Waals surface area (Å²) in [5, 5.41) is 3.33. The van der Waals surface area contributed by atoms with Crippen molar-refractivity contribution in [1.82, 2.24) is 10.2 Å². The van der Waals surface area contributed by atoms with Gasteiger partial charge in [-0.25, -0.2) is 4.39 Å². The van der Waals surface area contributed by atoms with Crippen molar-refractivity contribution in [2.24, 2.45) is 0 Å². The number of nitrogens with zero attached hydrogens (tertiary/aromatic N) is 1. The minimum atomic E-state index is -0.362. The second-order valence-electron chi connectivity index (χ2n) is 5.88. The molecule has 1 aliphatic rings. The third kappa shape index (κ3) is 3.96. The maximum absolute atomic E-state index is 13.0. The molecule has 1 unspecified atom stereocenters. The fraction of sp³-hybridized carbons (Fsp3) is 0.316. The molecule has 3 nitrogen and oxygen atoms in total. The highest BCUT2D eigenvalue weighted by atomic mass is 19.1. The molecule has 1 N–H and O–H groups in total. The van der Waals surface area contributed by atoms with Crippen molar-refractivity contribution in [3.63, 3.8) is 0 Å². The quantitative estimate of drug-likeness (QED) is 0.919. The van der Waals surface area contributed by atoms with Gasteiger partial charge in [0.05, 0.1) is 0 Å². The zero-order chi connectivity index (χ0) is 16.1. The van der Waals surface area contributed by atoms with Gasteiger partial charge in [-0.2, -0.15) is 0 Å². The van der Waals surface area contributed by atoms with Gasteiger partial charge in [0, 0.05) is 19.6 Å². The summed E-state index contributed by atoms with van der Waals surface area (Å²) in [5.41, 5.74) is 1.92. The summed E-state index contributed by atoms with van der Waals surface area (Å²) in [5.74, 6) is -0.127. The molecule has 1 amide bonds. The molecule has 0 aromatic heterocycles. The fourth-order valence-electron chi connectivity index (χ4n) is 2.94. The lowest BCUT2D eigenvalue weighted by Gasteiger charge is -2.24. The standard InChI is InChI=1S/C19H21FN2O/c20-17-10-8-15(9-11-17)14-21-18(16-6-2-1-3-7-16)19(23)22-12-4-5-13-22/h1-3,6-11,18,21H,4-5,12-14H2. The van der Waals surface area contributed by atoms with Crippen LogP contribution >= 0.6 is 0 Å². The Morgan fingerprint density at radius 3 is 2.35 bits per heavy atom. The number of halogens is 1. The monoisotopic (exact) mass is 312 g/mol. The first-order valence-electron chi connectivity index (χ1n) is 8.05. The van der Waals surface area contributed by atoms with Crippen LogP contribution in [-0.4, -0.2) is 23.9 Å². The van der Waals surface area contributed by atoms with Crippen LogP contribution in [0.2, 0.25) is 0 Å². The predicted octanol–water partition coefficient (Wildman–Crippen LogP) is 3.28. The van der Waals surface area contributed by atoms with Crippen LogP contribution in [-0.2, 0) is 11.3 Å². The summed E-state index contributed by atoms with van der Waals surface area (Å²) in [6.07, 6.45) is 2.15. The van der Waals surface area contributed by atoms with Gasteiger partial charge in [-0.05, 0) is 36.1 Å². The van der Waals surface area contributed by atoms with E-state index in [4.69, 9.17) is 0 Å². The highest BCUT2D eigenvalue weighted by molar-refractivity contribution is 5.83. The van der Waals surface area contributed by atoms with Gasteiger partial charge in [0.1, 0.15) is 11.9 Å². The summed E-state index contributed by atoms with van der Waals surface area (Å²) < 4.78 is 13.0. The second-order valence-corrected chi connectivity index (χ2v) is 5.88. The number of carbonyl (C=O) groups is 1. The van der Waals surface area contributed by atoms with Gasteiger partial charge in [0.15, 0.2) is 0 Å². The molecule has 1 atom stereocenters. The normalized spacial score (nSPS) is 15.6. The first-order chi connectivity index (χ1) is 11.2. The third-order valence-electron chi connectivity index (χ3n) is 4.22. The lowest BCUT2D eigenvalue weighted by Crippen LogP contribution is -2.39. The SMILES string of the molecule is O=C(C(NCc1ccc(F)cc1)c1ccccc1)N1CCCC1. The Kier molecular flexibility index (Phi) is 5.03. The van der Waals surface area contributed by atoms with E-state index in [0.29, 0.717) is 6.54 Å². The van der Waals surface area contributed by atoms with Crippen LogP contribution in [0.3, 0.4) is 0 Å². The maximum Gasteiger partial charge on any atom is 0.244 e. The average molecular weight is 312 g/mol. The molecule has 0 aliphatic carbocycles. The Balaban J connectivity index is 1.74. The Bertz CT molecular complexity index is 636. The highest BCUT2D eigenvalue weighted by Crippen LogP contribution is 2.20. The molecule has 1 aliphatic heterocycles. The van der Waals surface area contributed by atoms with E-state index >= 15 is 0 Å². The molecule has 0 bridgehead atoms. The lowest BCUT2D eigenvalue weighted by molar-refractivity contribution is -0.132. The van der Waals surface area contributed by atoms with Crippen molar-refractivity contribution >= 4 is 5.91 Å². The number of hydrogen-bond acceptors (Lipinski definition) is 2. The second kappa shape index (κ2) is 7.38. The Morgan fingerprint density at radius 2 is 1.70 bits per heavy atom. The number of carbonyl (C=O) groups excluding carboxylic acids is 1. The Labute approximate surface area is 136 Å². The van der Waals surface area contributed by atoms with E-state index in [1.807, 2.05) is 35.2 Å². The van der Waals surface area contributed by atoms with Crippen LogP contribution in [0.4, 0.5) is 4.39 Å². The zero-order valence-electron chi connectivity index (χ0n) is 13.0. The van der Waals surface area contributed by atoms with E-state index in [9.17, 15) is 9.18 Å². The van der Waals surface area contributed by atoms with Crippen molar-refractivity contribution in [2.75, 3.05) is 13.1 Å². The minimum absolute atomic E-state index is 0.121. The van der Waals surface area contributed by atoms with Gasteiger partial charge in [-0.15, -0.1) is 0 Å². The van der Waals surface area contributed by atoms with E-state index in [0.717, 1.165) is 37.1 Å². The molecule has 23 heavy (non-hydrogen) atoms. The van der Waals surface area contributed by atoms with Gasteiger partial charge in [-0.3, -0.25) is 10.1 Å². The molecule has 2 aromatic rings. The lowest BCUT2D eigenvalue weighted by atomic mass is 10.0. The number of nitrogens with one attached hydrogen (secondary N) is 1. The van der Waals surface area contributed by atoms with Crippen molar-refractivity contribution in [3.05, 3.63) is 71.5 Å². The first-order valence-corrected chi connectivity index (χ1v) is 8.05. The summed E-state index contributed by atoms with van der Waals surface area (Å²) in [7, 11) is 0. The van der Waals surface area contributed by atoms with Crippen molar-refractivity contribution < 1.29 is 9.18 Å². The fourth-order valence-corrected chi connectivity index (χ4v) is 2.94. The van der Waals surface area contributed by atoms with Crippen molar-refractivity contribution in [2.45, 2.75) is 25.4 Å². The van der Waals surface area contributed by atoms with Gasteiger partial charge in [0.2, 0.25) is 5.91 Å². The first kappa shape index (κ1) is 15.7. The predicted molar refractivity (Wildman–Crippen MR) is 88.2 cm³/mol. The number of amides is 1. The Hall–Kier alpha value is -2.20. The number of benzene rings is 2. The molecule has 0 radical (unpaired) electrons. The average Bonchev–Trinajstić information content (AvgIpc) is 3.12. The third-order valence-corrected chi connectivity index (χ3v) is 4.22. The van der Waals surface area contributed by atoms with Gasteiger partial charge < -0.3 is 4.90 Å². The molecular formula is C19H21FN2O. The molecule has 0 spiro atoms. The van der Waals surface area contributed by atoms with Crippen LogP contribution in [0.5, 0.6) is 0 Å². The molecule has 0 saturated carbocycles. The van der Waals surface area contributed by atoms with Gasteiger partial charge >= 0.3 is 0 Å². The summed E-state index contributed by atoms with van der Waals surface area (Å²) in [6.45, 7) is 2.19. The molecule has 3 rings (SSSR count). The zero-order valence-corrected chi connectivity index (χ0v) is 13.0.